The van der Waals surface area contributed by atoms with E-state index in [1.54, 1.807) is 0 Å². The van der Waals surface area contributed by atoms with Crippen molar-refractivity contribution in [3.63, 3.8) is 0 Å². The highest BCUT2D eigenvalue weighted by molar-refractivity contribution is 5.92. The van der Waals surface area contributed by atoms with Gasteiger partial charge in [-0.25, -0.2) is 4.98 Å². The number of likely N-dealkylation sites (N-methyl/N-ethyl adjacent to an activating group) is 1. The first-order valence-corrected chi connectivity index (χ1v) is 6.79. The molecule has 1 saturated heterocycles. The molecular weight excluding hydrogens is 236 g/mol. The van der Waals surface area contributed by atoms with Crippen molar-refractivity contribution in [2.24, 2.45) is 5.73 Å². The van der Waals surface area contributed by atoms with Crippen molar-refractivity contribution in [1.29, 1.82) is 0 Å². The average molecular weight is 256 g/mol. The van der Waals surface area contributed by atoms with Gasteiger partial charge >= 0.3 is 0 Å². The number of anilines is 1. The van der Waals surface area contributed by atoms with Gasteiger partial charge in [-0.1, -0.05) is 12.1 Å². The smallest absolute Gasteiger partial charge is 0.136 e. The van der Waals surface area contributed by atoms with E-state index >= 15 is 0 Å². The molecule has 1 aromatic carbocycles. The van der Waals surface area contributed by atoms with E-state index in [-0.39, 0.29) is 0 Å². The molecule has 1 aromatic heterocycles. The summed E-state index contributed by atoms with van der Waals surface area (Å²) in [6.07, 6.45) is 1.90. The van der Waals surface area contributed by atoms with Gasteiger partial charge < -0.3 is 15.5 Å². The normalized spacial score (nSPS) is 17.1. The maximum Gasteiger partial charge on any atom is 0.136 e. The molecule has 19 heavy (non-hydrogen) atoms. The van der Waals surface area contributed by atoms with E-state index in [0.29, 0.717) is 6.54 Å². The van der Waals surface area contributed by atoms with Crippen molar-refractivity contribution < 1.29 is 0 Å². The second-order valence-corrected chi connectivity index (χ2v) is 5.18. The number of pyridine rings is 1. The summed E-state index contributed by atoms with van der Waals surface area (Å²) in [4.78, 5) is 9.33. The number of rotatable bonds is 2. The van der Waals surface area contributed by atoms with Gasteiger partial charge in [0.1, 0.15) is 5.82 Å². The Morgan fingerprint density at radius 3 is 2.68 bits per heavy atom. The summed E-state index contributed by atoms with van der Waals surface area (Å²) in [5, 5.41) is 2.45. The Morgan fingerprint density at radius 2 is 1.95 bits per heavy atom. The molecule has 1 aliphatic heterocycles. The van der Waals surface area contributed by atoms with Crippen molar-refractivity contribution in [2.75, 3.05) is 38.1 Å². The van der Waals surface area contributed by atoms with E-state index in [4.69, 9.17) is 5.73 Å². The number of hydrogen-bond acceptors (Lipinski definition) is 4. The molecule has 0 atom stereocenters. The van der Waals surface area contributed by atoms with E-state index in [9.17, 15) is 0 Å². The van der Waals surface area contributed by atoms with Crippen LogP contribution >= 0.6 is 0 Å². The molecule has 0 spiro atoms. The lowest BCUT2D eigenvalue weighted by molar-refractivity contribution is 0.312. The lowest BCUT2D eigenvalue weighted by atomic mass is 10.1. The van der Waals surface area contributed by atoms with Crippen LogP contribution in [0.3, 0.4) is 0 Å². The molecule has 100 valence electrons. The highest BCUT2D eigenvalue weighted by Gasteiger charge is 2.17. The summed E-state index contributed by atoms with van der Waals surface area (Å²) in [6.45, 7) is 4.83. The molecule has 4 nitrogen and oxygen atoms in total. The van der Waals surface area contributed by atoms with Gasteiger partial charge in [0.2, 0.25) is 0 Å². The zero-order valence-electron chi connectivity index (χ0n) is 11.3. The molecule has 0 bridgehead atoms. The van der Waals surface area contributed by atoms with Gasteiger partial charge in [0.25, 0.3) is 0 Å². The monoisotopic (exact) mass is 256 g/mol. The number of nitrogens with zero attached hydrogens (tertiary/aromatic N) is 3. The van der Waals surface area contributed by atoms with Crippen LogP contribution in [-0.4, -0.2) is 43.1 Å². The summed E-state index contributed by atoms with van der Waals surface area (Å²) in [6, 6.07) is 8.47. The molecule has 1 fully saturated rings. The molecular formula is C15H20N4. The van der Waals surface area contributed by atoms with Crippen LogP contribution in [0.15, 0.2) is 30.5 Å². The van der Waals surface area contributed by atoms with Crippen LogP contribution < -0.4 is 10.6 Å². The van der Waals surface area contributed by atoms with Gasteiger partial charge in [0.05, 0.1) is 0 Å². The highest BCUT2D eigenvalue weighted by Crippen LogP contribution is 2.26. The Hall–Kier alpha value is -1.65. The van der Waals surface area contributed by atoms with Crippen molar-refractivity contribution >= 4 is 16.6 Å². The Kier molecular flexibility index (Phi) is 3.36. The zero-order valence-corrected chi connectivity index (χ0v) is 11.3. The van der Waals surface area contributed by atoms with Crippen LogP contribution in [0.2, 0.25) is 0 Å². The first-order chi connectivity index (χ1) is 9.28. The summed E-state index contributed by atoms with van der Waals surface area (Å²) in [7, 11) is 2.17. The standard InChI is InChI=1S/C15H20N4/c1-18-6-8-19(9-7-18)15-14-10-12(11-16)2-3-13(14)4-5-17-15/h2-5,10H,6-9,11,16H2,1H3. The zero-order chi connectivity index (χ0) is 13.2. The van der Waals surface area contributed by atoms with Crippen molar-refractivity contribution in [3.8, 4) is 0 Å². The van der Waals surface area contributed by atoms with Crippen molar-refractivity contribution in [1.82, 2.24) is 9.88 Å². The van der Waals surface area contributed by atoms with E-state index in [2.05, 4.69) is 46.1 Å². The minimum atomic E-state index is 0.576. The lowest BCUT2D eigenvalue weighted by Gasteiger charge is -2.33. The van der Waals surface area contributed by atoms with Crippen LogP contribution in [0, 0.1) is 0 Å². The van der Waals surface area contributed by atoms with Crippen molar-refractivity contribution in [2.45, 2.75) is 6.54 Å². The van der Waals surface area contributed by atoms with Crippen LogP contribution in [0.5, 0.6) is 0 Å². The SMILES string of the molecule is CN1CCN(c2nccc3ccc(CN)cc23)CC1. The molecule has 0 radical (unpaired) electrons. The molecule has 2 aromatic rings. The topological polar surface area (TPSA) is 45.4 Å². The lowest BCUT2D eigenvalue weighted by Crippen LogP contribution is -2.44. The van der Waals surface area contributed by atoms with E-state index in [1.165, 1.54) is 10.8 Å². The molecule has 3 rings (SSSR count). The van der Waals surface area contributed by atoms with Gasteiger partial charge in [-0.15, -0.1) is 0 Å². The molecule has 1 aliphatic rings. The summed E-state index contributed by atoms with van der Waals surface area (Å²) < 4.78 is 0. The quantitative estimate of drug-likeness (QED) is 0.883. The number of nitrogens with two attached hydrogens (primary N) is 1. The molecule has 4 heteroatoms. The Bertz CT molecular complexity index is 573. The number of hydrogen-bond donors (Lipinski definition) is 1. The molecule has 2 N–H and O–H groups in total. The second-order valence-electron chi connectivity index (χ2n) is 5.18. The highest BCUT2D eigenvalue weighted by atomic mass is 15.3. The minimum absolute atomic E-state index is 0.576. The van der Waals surface area contributed by atoms with Crippen LogP contribution in [-0.2, 0) is 6.54 Å². The fourth-order valence-corrected chi connectivity index (χ4v) is 2.60. The van der Waals surface area contributed by atoms with Crippen molar-refractivity contribution in [3.05, 3.63) is 36.0 Å². The first kappa shape index (κ1) is 12.4. The van der Waals surface area contributed by atoms with Crippen LogP contribution in [0.1, 0.15) is 5.56 Å². The third-order valence-corrected chi connectivity index (χ3v) is 3.85. The van der Waals surface area contributed by atoms with E-state index in [1.807, 2.05) is 6.20 Å². The number of aromatic nitrogens is 1. The third kappa shape index (κ3) is 2.41. The summed E-state index contributed by atoms with van der Waals surface area (Å²) in [5.41, 5.74) is 6.91. The first-order valence-electron chi connectivity index (χ1n) is 6.79. The maximum atomic E-state index is 5.75. The minimum Gasteiger partial charge on any atom is -0.354 e. The molecule has 0 aliphatic carbocycles. The predicted molar refractivity (Wildman–Crippen MR) is 79.3 cm³/mol. The van der Waals surface area contributed by atoms with Gasteiger partial charge in [-0.3, -0.25) is 0 Å². The van der Waals surface area contributed by atoms with Gasteiger partial charge in [0, 0.05) is 44.3 Å². The van der Waals surface area contributed by atoms with E-state index in [0.717, 1.165) is 37.6 Å². The largest absolute Gasteiger partial charge is 0.354 e. The molecule has 0 unspecified atom stereocenters. The molecule has 0 saturated carbocycles. The van der Waals surface area contributed by atoms with Gasteiger partial charge in [0.15, 0.2) is 0 Å². The van der Waals surface area contributed by atoms with Gasteiger partial charge in [-0.2, -0.15) is 0 Å². The van der Waals surface area contributed by atoms with Crippen LogP contribution in [0.4, 0.5) is 5.82 Å². The molecule has 0 amide bonds. The summed E-state index contributed by atoms with van der Waals surface area (Å²) >= 11 is 0. The summed E-state index contributed by atoms with van der Waals surface area (Å²) in [5.74, 6) is 1.10. The van der Waals surface area contributed by atoms with E-state index < -0.39 is 0 Å². The van der Waals surface area contributed by atoms with Crippen LogP contribution in [0.25, 0.3) is 10.8 Å². The maximum absolute atomic E-state index is 5.75. The Balaban J connectivity index is 2.02. The Morgan fingerprint density at radius 1 is 1.16 bits per heavy atom. The molecule has 2 heterocycles. The number of fused-ring (bicyclic) bond motifs is 1. The number of piperazine rings is 1. The fourth-order valence-electron chi connectivity index (χ4n) is 2.60. The fraction of sp³-hybridized carbons (Fsp3) is 0.400. The average Bonchev–Trinajstić information content (AvgIpc) is 2.47. The second kappa shape index (κ2) is 5.15. The third-order valence-electron chi connectivity index (χ3n) is 3.85. The van der Waals surface area contributed by atoms with Gasteiger partial charge in [-0.05, 0) is 30.1 Å². The number of benzene rings is 1. The Labute approximate surface area is 113 Å². The predicted octanol–water partition coefficient (Wildman–Crippen LogP) is 1.45.